The van der Waals surface area contributed by atoms with Crippen molar-refractivity contribution in [2.45, 2.75) is 6.10 Å². The second kappa shape index (κ2) is 15.6. The molecule has 0 saturated heterocycles. The van der Waals surface area contributed by atoms with Gasteiger partial charge in [0.15, 0.2) is 17.6 Å². The van der Waals surface area contributed by atoms with E-state index in [1.807, 2.05) is 10.8 Å². The predicted octanol–water partition coefficient (Wildman–Crippen LogP) is 5.49. The lowest BCUT2D eigenvalue weighted by atomic mass is 10.3. The van der Waals surface area contributed by atoms with E-state index < -0.39 is 5.97 Å². The lowest BCUT2D eigenvalue weighted by Gasteiger charge is -2.23. The highest BCUT2D eigenvalue weighted by molar-refractivity contribution is 7.08. The van der Waals surface area contributed by atoms with Crippen LogP contribution in [-0.4, -0.2) is 31.9 Å². The van der Waals surface area contributed by atoms with E-state index in [0.717, 1.165) is 0 Å². The molecule has 1 aromatic heterocycles. The first-order valence-corrected chi connectivity index (χ1v) is 9.82. The summed E-state index contributed by atoms with van der Waals surface area (Å²) < 4.78 is 21.1. The third kappa shape index (κ3) is 10.9. The Hall–Kier alpha value is -5.23. The summed E-state index contributed by atoms with van der Waals surface area (Å²) in [5.41, 5.74) is 0. The number of carbonyl (C=O) groups is 1. The molecule has 0 radical (unpaired) electrons. The Morgan fingerprint density at radius 2 is 1.45 bits per heavy atom. The van der Waals surface area contributed by atoms with Crippen LogP contribution in [0, 0.1) is 107 Å². The highest BCUT2D eigenvalue weighted by atomic mass is 32.1. The maximum absolute atomic E-state index is 11.5. The molecule has 0 N–H and O–H groups in total. The second-order valence-corrected chi connectivity index (χ2v) is 6.01. The molecule has 1 atom stereocenters. The Bertz CT molecular complexity index is 1480. The van der Waals surface area contributed by atoms with E-state index in [0.29, 0.717) is 18.1 Å². The van der Waals surface area contributed by atoms with E-state index >= 15 is 0 Å². The number of esters is 1. The van der Waals surface area contributed by atoms with Crippen molar-refractivity contribution < 1.29 is 49.4 Å². The SMILES string of the molecule is C#CC#CC#CC#CC#CC#CC#CC#CC#COC(=O)COCC1COc2cscc2O1.[HH].[HH].[HH].[HH].[HH].[HH].[HH].[HH].[HH].[HH].[HH].[HH].[HH].[HH].[HH].[HH].[HH].[HH]. The molecule has 6 heteroatoms. The van der Waals surface area contributed by atoms with Crippen LogP contribution in [0.4, 0.5) is 0 Å². The average Bonchev–Trinajstić information content (AvgIpc) is 3.29. The number of fused-ring (bicyclic) bond motifs is 1. The van der Waals surface area contributed by atoms with Crippen LogP contribution >= 0.6 is 11.3 Å². The Labute approximate surface area is 223 Å². The maximum Gasteiger partial charge on any atom is 0.346 e. The highest BCUT2D eigenvalue weighted by Crippen LogP contribution is 2.35. The van der Waals surface area contributed by atoms with Crippen LogP contribution in [0.25, 0.3) is 0 Å². The summed E-state index contributed by atoms with van der Waals surface area (Å²) >= 11 is 1.48. The van der Waals surface area contributed by atoms with Crippen LogP contribution in [0.2, 0.25) is 0 Å². The molecule has 2 rings (SSSR count). The second-order valence-electron chi connectivity index (χ2n) is 5.26. The van der Waals surface area contributed by atoms with Gasteiger partial charge in [0.05, 0.1) is 6.61 Å². The van der Waals surface area contributed by atoms with Crippen LogP contribution in [0.1, 0.15) is 25.7 Å². The van der Waals surface area contributed by atoms with Crippen LogP contribution < -0.4 is 9.47 Å². The number of hydrogen-bond acceptors (Lipinski definition) is 6. The van der Waals surface area contributed by atoms with Gasteiger partial charge >= 0.3 is 5.97 Å². The molecule has 0 aliphatic carbocycles. The van der Waals surface area contributed by atoms with E-state index in [1.165, 1.54) is 11.3 Å². The fourth-order valence-electron chi connectivity index (χ4n) is 1.80. The van der Waals surface area contributed by atoms with Gasteiger partial charge < -0.3 is 18.9 Å². The molecule has 0 spiro atoms. The molecule has 0 saturated carbocycles. The summed E-state index contributed by atoms with van der Waals surface area (Å²) in [4.78, 5) is 11.5. The monoisotopic (exact) mass is 482 g/mol. The van der Waals surface area contributed by atoms with Gasteiger partial charge in [-0.15, -0.1) is 17.8 Å². The van der Waals surface area contributed by atoms with E-state index in [-0.39, 0.29) is 45.0 Å². The largest absolute Gasteiger partial charge is 0.485 e. The summed E-state index contributed by atoms with van der Waals surface area (Å²) in [5.74, 6) is 39.3. The third-order valence-corrected chi connectivity index (χ3v) is 3.70. The van der Waals surface area contributed by atoms with E-state index in [2.05, 4.69) is 106 Å². The number of terminal acetylenes is 1. The van der Waals surface area contributed by atoms with Gasteiger partial charge in [0.25, 0.3) is 0 Å². The van der Waals surface area contributed by atoms with Crippen LogP contribution in [0.3, 0.4) is 0 Å². The smallest absolute Gasteiger partial charge is 0.346 e. The molecule has 2 heterocycles. The van der Waals surface area contributed by atoms with Crippen LogP contribution in [0.5, 0.6) is 11.5 Å². The fraction of sp³-hybridized carbons (Fsp3) is 0.148. The topological polar surface area (TPSA) is 54.0 Å². The van der Waals surface area contributed by atoms with Gasteiger partial charge in [-0.2, -0.15) is 0 Å². The van der Waals surface area contributed by atoms with Crippen molar-refractivity contribution in [3.05, 3.63) is 10.8 Å². The number of hydrogen-bond donors (Lipinski definition) is 0. The lowest BCUT2D eigenvalue weighted by Crippen LogP contribution is -2.33. The molecule has 0 bridgehead atoms. The highest BCUT2D eigenvalue weighted by Gasteiger charge is 2.22. The summed E-state index contributed by atoms with van der Waals surface area (Å²) in [7, 11) is 0. The van der Waals surface area contributed by atoms with E-state index in [9.17, 15) is 4.79 Å². The van der Waals surface area contributed by atoms with Crippen molar-refractivity contribution in [1.29, 1.82) is 0 Å². The first kappa shape index (κ1) is 24.0. The molecule has 1 aliphatic rings. The number of rotatable bonds is 4. The van der Waals surface area contributed by atoms with Crippen molar-refractivity contribution in [2.75, 3.05) is 19.8 Å². The molecule has 1 aromatic rings. The molecule has 0 fully saturated rings. The van der Waals surface area contributed by atoms with Crippen molar-refractivity contribution >= 4 is 17.3 Å². The van der Waals surface area contributed by atoms with Gasteiger partial charge in [0.2, 0.25) is 0 Å². The minimum Gasteiger partial charge on any atom is -0.485 e. The van der Waals surface area contributed by atoms with Crippen LogP contribution in [-0.2, 0) is 14.3 Å². The molecule has 5 nitrogen and oxygen atoms in total. The Balaban J connectivity index is -0.0000000428. The molecule has 1 aliphatic heterocycles. The minimum absolute atomic E-state index is 0. The van der Waals surface area contributed by atoms with Gasteiger partial charge in [-0.25, -0.2) is 4.79 Å². The van der Waals surface area contributed by atoms with Gasteiger partial charge in [0.1, 0.15) is 19.3 Å². The van der Waals surface area contributed by atoms with Crippen molar-refractivity contribution in [3.8, 4) is 119 Å². The molecule has 1 unspecified atom stereocenters. The first-order valence-electron chi connectivity index (χ1n) is 8.88. The summed E-state index contributed by atoms with van der Waals surface area (Å²) in [6.07, 6.45) is 6.78. The Kier molecular flexibility index (Phi) is 11.4. The number of ether oxygens (including phenoxy) is 4. The number of thiophene rings is 1. The quantitative estimate of drug-likeness (QED) is 0.419. The minimum atomic E-state index is -0.651. The molecule has 190 valence electrons. The first-order chi connectivity index (χ1) is 16.3. The molecule has 0 aromatic carbocycles. The molecular formula is C27H46O5S. The lowest BCUT2D eigenvalue weighted by molar-refractivity contribution is -0.143. The summed E-state index contributed by atoms with van der Waals surface area (Å²) in [5, 5.41) is 3.70. The average molecular weight is 483 g/mol. The van der Waals surface area contributed by atoms with Gasteiger partial charge in [-0.05, 0) is 47.4 Å². The zero-order valence-electron chi connectivity index (χ0n) is 16.9. The summed E-state index contributed by atoms with van der Waals surface area (Å²) in [6, 6.07) is 0. The van der Waals surface area contributed by atoms with Gasteiger partial charge in [-0.3, -0.25) is 0 Å². The zero-order chi connectivity index (χ0) is 23.4. The third-order valence-electron chi connectivity index (χ3n) is 3.00. The van der Waals surface area contributed by atoms with E-state index in [4.69, 9.17) is 20.6 Å². The van der Waals surface area contributed by atoms with Gasteiger partial charge in [-0.1, -0.05) is 0 Å². The van der Waals surface area contributed by atoms with Crippen molar-refractivity contribution in [1.82, 2.24) is 0 Å². The Morgan fingerprint density at radius 3 is 2.06 bits per heavy atom. The fourth-order valence-corrected chi connectivity index (χ4v) is 2.47. The Morgan fingerprint density at radius 1 is 0.909 bits per heavy atom. The predicted molar refractivity (Wildman–Crippen MR) is 160 cm³/mol. The van der Waals surface area contributed by atoms with Crippen molar-refractivity contribution in [2.24, 2.45) is 0 Å². The van der Waals surface area contributed by atoms with Gasteiger partial charge in [0, 0.05) is 83.8 Å². The molecule has 0 amide bonds. The van der Waals surface area contributed by atoms with Crippen molar-refractivity contribution in [3.63, 3.8) is 0 Å². The number of carbonyl (C=O) groups excluding carboxylic acids is 1. The molecular weight excluding hydrogens is 436 g/mol. The zero-order valence-corrected chi connectivity index (χ0v) is 17.7. The van der Waals surface area contributed by atoms with E-state index in [1.54, 1.807) is 0 Å². The normalized spacial score (nSPS) is 10.8. The summed E-state index contributed by atoms with van der Waals surface area (Å²) in [6.45, 7) is 0.257. The molecule has 33 heavy (non-hydrogen) atoms. The standard InChI is InChI=1S/C27H10O5S.18H2/c1-2-3-4-5-6-7-8-9-10-11-12-13-14-15-16-17-18-30-27(28)21-29-19-24-20-31-25-22-33-23-26(25)32-24;;;;;;;;;;;;;;;;;;/h1,22-24H,19-21H2;18*1H. The maximum atomic E-state index is 11.5. The van der Waals surface area contributed by atoms with Crippen LogP contribution in [0.15, 0.2) is 10.8 Å².